The summed E-state index contributed by atoms with van der Waals surface area (Å²) in [7, 11) is 2.30. The number of rotatable bonds is 1. The zero-order valence-electron chi connectivity index (χ0n) is 12.0. The normalized spacial score (nSPS) is 26.9. The first-order valence-electron chi connectivity index (χ1n) is 7.63. The Morgan fingerprint density at radius 3 is 2.90 bits per heavy atom. The van der Waals surface area contributed by atoms with Gasteiger partial charge >= 0.3 is 0 Å². The lowest BCUT2D eigenvalue weighted by Crippen LogP contribution is -2.36. The summed E-state index contributed by atoms with van der Waals surface area (Å²) in [6, 6.07) is 12.2. The van der Waals surface area contributed by atoms with Gasteiger partial charge in [-0.3, -0.25) is 9.88 Å². The predicted molar refractivity (Wildman–Crippen MR) is 83.1 cm³/mol. The molecular weight excluding hydrogens is 246 g/mol. The summed E-state index contributed by atoms with van der Waals surface area (Å²) in [6.45, 7) is 2.30. The van der Waals surface area contributed by atoms with E-state index in [1.165, 1.54) is 30.3 Å². The minimum Gasteiger partial charge on any atom is -0.369 e. The third-order valence-electron chi connectivity index (χ3n) is 5.09. The van der Waals surface area contributed by atoms with E-state index < -0.39 is 0 Å². The number of hydrogen-bond donors (Lipinski definition) is 0. The molecule has 3 heteroatoms. The third-order valence-corrected chi connectivity index (χ3v) is 5.09. The van der Waals surface area contributed by atoms with Crippen LogP contribution in [-0.2, 0) is 0 Å². The van der Waals surface area contributed by atoms with Gasteiger partial charge in [-0.05, 0) is 38.4 Å². The average molecular weight is 267 g/mol. The Labute approximate surface area is 120 Å². The van der Waals surface area contributed by atoms with Crippen molar-refractivity contribution in [1.29, 1.82) is 0 Å². The number of fused-ring (bicyclic) bond motifs is 3. The van der Waals surface area contributed by atoms with Gasteiger partial charge in [0.1, 0.15) is 0 Å². The van der Waals surface area contributed by atoms with Crippen LogP contribution >= 0.6 is 0 Å². The second-order valence-electron chi connectivity index (χ2n) is 6.17. The fourth-order valence-corrected chi connectivity index (χ4v) is 3.78. The standard InChI is InChI=1S/C17H21N3/c1-19-14-6-7-15(19)12-20(9-8-14)16-10-13-4-2-3-5-17(13)18-11-16/h2-5,10-11,14-15H,6-9,12H2,1H3. The van der Waals surface area contributed by atoms with E-state index in [-0.39, 0.29) is 0 Å². The van der Waals surface area contributed by atoms with Crippen molar-refractivity contribution in [2.45, 2.75) is 31.3 Å². The second-order valence-corrected chi connectivity index (χ2v) is 6.17. The molecule has 104 valence electrons. The van der Waals surface area contributed by atoms with Gasteiger partial charge in [0.2, 0.25) is 0 Å². The van der Waals surface area contributed by atoms with Crippen molar-refractivity contribution in [3.8, 4) is 0 Å². The number of pyridine rings is 1. The Hall–Kier alpha value is -1.61. The molecule has 3 heterocycles. The van der Waals surface area contributed by atoms with Crippen LogP contribution in [0.1, 0.15) is 19.3 Å². The van der Waals surface area contributed by atoms with Crippen molar-refractivity contribution in [3.05, 3.63) is 36.5 Å². The third kappa shape index (κ3) is 1.97. The number of hydrogen-bond acceptors (Lipinski definition) is 3. The number of para-hydroxylation sites is 1. The predicted octanol–water partition coefficient (Wildman–Crippen LogP) is 2.91. The van der Waals surface area contributed by atoms with Gasteiger partial charge in [0.15, 0.2) is 0 Å². The summed E-state index contributed by atoms with van der Waals surface area (Å²) in [6.07, 6.45) is 6.05. The molecule has 4 rings (SSSR count). The molecule has 2 saturated heterocycles. The van der Waals surface area contributed by atoms with Crippen LogP contribution in [0.4, 0.5) is 5.69 Å². The summed E-state index contributed by atoms with van der Waals surface area (Å²) in [5.41, 5.74) is 2.37. The van der Waals surface area contributed by atoms with Crippen molar-refractivity contribution in [2.75, 3.05) is 25.0 Å². The van der Waals surface area contributed by atoms with Crippen LogP contribution in [-0.4, -0.2) is 42.1 Å². The largest absolute Gasteiger partial charge is 0.369 e. The summed E-state index contributed by atoms with van der Waals surface area (Å²) in [5.74, 6) is 0. The van der Waals surface area contributed by atoms with E-state index in [0.717, 1.165) is 24.6 Å². The fourth-order valence-electron chi connectivity index (χ4n) is 3.78. The lowest BCUT2D eigenvalue weighted by atomic mass is 10.1. The van der Waals surface area contributed by atoms with E-state index in [0.29, 0.717) is 6.04 Å². The molecule has 0 aliphatic carbocycles. The monoisotopic (exact) mass is 267 g/mol. The number of aromatic nitrogens is 1. The van der Waals surface area contributed by atoms with Gasteiger partial charge in [-0.1, -0.05) is 18.2 Å². The van der Waals surface area contributed by atoms with Gasteiger partial charge in [-0.25, -0.2) is 0 Å². The number of likely N-dealkylation sites (N-methyl/N-ethyl adjacent to an activating group) is 1. The van der Waals surface area contributed by atoms with Crippen molar-refractivity contribution >= 4 is 16.6 Å². The van der Waals surface area contributed by atoms with Crippen LogP contribution < -0.4 is 4.90 Å². The maximum absolute atomic E-state index is 4.61. The van der Waals surface area contributed by atoms with Gasteiger partial charge in [-0.15, -0.1) is 0 Å². The molecule has 1 aromatic carbocycles. The van der Waals surface area contributed by atoms with Crippen LogP contribution in [0.25, 0.3) is 10.9 Å². The van der Waals surface area contributed by atoms with Crippen LogP contribution in [0, 0.1) is 0 Å². The van der Waals surface area contributed by atoms with Crippen LogP contribution in [0.2, 0.25) is 0 Å². The molecule has 0 saturated carbocycles. The highest BCUT2D eigenvalue weighted by Crippen LogP contribution is 2.31. The molecule has 2 aromatic rings. The highest BCUT2D eigenvalue weighted by Gasteiger charge is 2.34. The number of nitrogens with zero attached hydrogens (tertiary/aromatic N) is 3. The number of benzene rings is 1. The molecule has 2 bridgehead atoms. The lowest BCUT2D eigenvalue weighted by molar-refractivity contribution is 0.254. The first-order valence-corrected chi connectivity index (χ1v) is 7.63. The molecule has 2 fully saturated rings. The quantitative estimate of drug-likeness (QED) is 0.792. The Morgan fingerprint density at radius 1 is 1.10 bits per heavy atom. The first kappa shape index (κ1) is 12.2. The first-order chi connectivity index (χ1) is 9.81. The summed E-state index contributed by atoms with van der Waals surface area (Å²) in [5, 5.41) is 1.24. The second kappa shape index (κ2) is 4.74. The Morgan fingerprint density at radius 2 is 1.95 bits per heavy atom. The van der Waals surface area contributed by atoms with Crippen molar-refractivity contribution in [2.24, 2.45) is 0 Å². The summed E-state index contributed by atoms with van der Waals surface area (Å²) >= 11 is 0. The zero-order valence-corrected chi connectivity index (χ0v) is 12.0. The van der Waals surface area contributed by atoms with Gasteiger partial charge in [0.25, 0.3) is 0 Å². The summed E-state index contributed by atoms with van der Waals surface area (Å²) in [4.78, 5) is 9.73. The van der Waals surface area contributed by atoms with Crippen molar-refractivity contribution < 1.29 is 0 Å². The highest BCUT2D eigenvalue weighted by molar-refractivity contribution is 5.81. The Kier molecular flexibility index (Phi) is 2.88. The average Bonchev–Trinajstić information content (AvgIpc) is 2.72. The molecule has 0 radical (unpaired) electrons. The van der Waals surface area contributed by atoms with E-state index in [1.54, 1.807) is 0 Å². The molecule has 0 spiro atoms. The van der Waals surface area contributed by atoms with Crippen LogP contribution in [0.15, 0.2) is 36.5 Å². The van der Waals surface area contributed by atoms with Gasteiger partial charge in [0.05, 0.1) is 17.4 Å². The molecule has 2 aliphatic rings. The number of anilines is 1. The van der Waals surface area contributed by atoms with Gasteiger partial charge in [0, 0.05) is 30.6 Å². The molecule has 2 unspecified atom stereocenters. The molecule has 1 aromatic heterocycles. The van der Waals surface area contributed by atoms with Crippen LogP contribution in [0.3, 0.4) is 0 Å². The molecular formula is C17H21N3. The molecule has 2 atom stereocenters. The SMILES string of the molecule is CN1C2CCC1CN(c1cnc3ccccc3c1)CC2. The zero-order chi connectivity index (χ0) is 13.5. The molecule has 2 aliphatic heterocycles. The van der Waals surface area contributed by atoms with E-state index in [4.69, 9.17) is 0 Å². The minimum atomic E-state index is 0.717. The lowest BCUT2D eigenvalue weighted by Gasteiger charge is -2.27. The maximum Gasteiger partial charge on any atom is 0.0703 e. The fraction of sp³-hybridized carbons (Fsp3) is 0.471. The van der Waals surface area contributed by atoms with E-state index in [9.17, 15) is 0 Å². The molecule has 0 N–H and O–H groups in total. The van der Waals surface area contributed by atoms with Crippen LogP contribution in [0.5, 0.6) is 0 Å². The smallest absolute Gasteiger partial charge is 0.0703 e. The molecule has 3 nitrogen and oxygen atoms in total. The Bertz CT molecular complexity index is 624. The maximum atomic E-state index is 4.61. The summed E-state index contributed by atoms with van der Waals surface area (Å²) < 4.78 is 0. The van der Waals surface area contributed by atoms with Gasteiger partial charge < -0.3 is 4.90 Å². The topological polar surface area (TPSA) is 19.4 Å². The Balaban J connectivity index is 1.65. The van der Waals surface area contributed by atoms with E-state index >= 15 is 0 Å². The molecule has 20 heavy (non-hydrogen) atoms. The minimum absolute atomic E-state index is 0.717. The van der Waals surface area contributed by atoms with E-state index in [2.05, 4.69) is 52.2 Å². The molecule has 0 amide bonds. The van der Waals surface area contributed by atoms with Crippen molar-refractivity contribution in [3.63, 3.8) is 0 Å². The van der Waals surface area contributed by atoms with Gasteiger partial charge in [-0.2, -0.15) is 0 Å². The van der Waals surface area contributed by atoms with Crippen molar-refractivity contribution in [1.82, 2.24) is 9.88 Å². The van der Waals surface area contributed by atoms with E-state index in [1.807, 2.05) is 6.20 Å². The highest BCUT2D eigenvalue weighted by atomic mass is 15.3.